The Morgan fingerprint density at radius 1 is 1.18 bits per heavy atom. The second-order valence-corrected chi connectivity index (χ2v) is 5.60. The highest BCUT2D eigenvalue weighted by molar-refractivity contribution is 5.77. The number of ether oxygens (including phenoxy) is 1. The van der Waals surface area contributed by atoms with E-state index in [-0.39, 0.29) is 18.3 Å². The van der Waals surface area contributed by atoms with Gasteiger partial charge < -0.3 is 10.1 Å². The topological polar surface area (TPSA) is 38.3 Å². The average Bonchev–Trinajstić information content (AvgIpc) is 2.98. The van der Waals surface area contributed by atoms with Crippen LogP contribution in [0.15, 0.2) is 24.3 Å². The molecule has 0 unspecified atom stereocenters. The molecule has 0 radical (unpaired) electrons. The largest absolute Gasteiger partial charge is 0.484 e. The highest BCUT2D eigenvalue weighted by atomic mass is 19.4. The number of amides is 1. The Morgan fingerprint density at radius 3 is 2.41 bits per heavy atom. The van der Waals surface area contributed by atoms with Gasteiger partial charge >= 0.3 is 6.18 Å². The summed E-state index contributed by atoms with van der Waals surface area (Å²) in [5.74, 6) is 0.702. The first-order valence-electron chi connectivity index (χ1n) is 7.52. The van der Waals surface area contributed by atoms with Crippen molar-refractivity contribution in [3.05, 3.63) is 29.8 Å². The number of carbonyl (C=O) groups is 1. The van der Waals surface area contributed by atoms with Crippen molar-refractivity contribution in [1.29, 1.82) is 0 Å². The summed E-state index contributed by atoms with van der Waals surface area (Å²) in [7, 11) is 0. The highest BCUT2D eigenvalue weighted by Gasteiger charge is 2.30. The summed E-state index contributed by atoms with van der Waals surface area (Å²) < 4.78 is 42.4. The molecule has 0 aromatic heterocycles. The summed E-state index contributed by atoms with van der Waals surface area (Å²) >= 11 is 0. The van der Waals surface area contributed by atoms with Crippen LogP contribution < -0.4 is 10.1 Å². The lowest BCUT2D eigenvalue weighted by Gasteiger charge is -2.11. The van der Waals surface area contributed by atoms with Crippen LogP contribution in [-0.4, -0.2) is 19.1 Å². The van der Waals surface area contributed by atoms with Crippen LogP contribution in [0.25, 0.3) is 0 Å². The standard InChI is InChI=1S/C16H20F3NO2/c17-16(18,19)13-5-7-14(8-6-13)22-11-15(21)20-10-9-12-3-1-2-4-12/h5-8,12H,1-4,9-11H2,(H,20,21). The minimum Gasteiger partial charge on any atom is -0.484 e. The Morgan fingerprint density at radius 2 is 1.82 bits per heavy atom. The molecule has 2 rings (SSSR count). The van der Waals surface area contributed by atoms with Gasteiger partial charge in [0.2, 0.25) is 0 Å². The fraction of sp³-hybridized carbons (Fsp3) is 0.562. The van der Waals surface area contributed by atoms with Crippen molar-refractivity contribution < 1.29 is 22.7 Å². The highest BCUT2D eigenvalue weighted by Crippen LogP contribution is 2.30. The zero-order valence-corrected chi connectivity index (χ0v) is 12.3. The molecule has 0 heterocycles. The lowest BCUT2D eigenvalue weighted by Crippen LogP contribution is -2.30. The molecule has 1 amide bonds. The Bertz CT molecular complexity index is 479. The molecule has 1 saturated carbocycles. The zero-order chi connectivity index (χ0) is 16.0. The van der Waals surface area contributed by atoms with Crippen molar-refractivity contribution in [2.45, 2.75) is 38.3 Å². The van der Waals surface area contributed by atoms with Gasteiger partial charge in [0.05, 0.1) is 5.56 Å². The quantitative estimate of drug-likeness (QED) is 0.867. The van der Waals surface area contributed by atoms with Crippen LogP contribution in [0, 0.1) is 5.92 Å². The van der Waals surface area contributed by atoms with E-state index in [1.165, 1.54) is 37.8 Å². The number of alkyl halides is 3. The molecular formula is C16H20F3NO2. The van der Waals surface area contributed by atoms with E-state index < -0.39 is 11.7 Å². The van der Waals surface area contributed by atoms with Crippen LogP contribution in [0.2, 0.25) is 0 Å². The molecule has 1 aliphatic carbocycles. The van der Waals surface area contributed by atoms with Crippen LogP contribution in [0.1, 0.15) is 37.7 Å². The van der Waals surface area contributed by atoms with E-state index in [9.17, 15) is 18.0 Å². The number of hydrogen-bond donors (Lipinski definition) is 1. The smallest absolute Gasteiger partial charge is 0.416 e. The maximum Gasteiger partial charge on any atom is 0.416 e. The predicted molar refractivity (Wildman–Crippen MR) is 76.5 cm³/mol. The van der Waals surface area contributed by atoms with Crippen LogP contribution in [-0.2, 0) is 11.0 Å². The number of nitrogens with one attached hydrogen (secondary N) is 1. The molecule has 122 valence electrons. The molecule has 0 bridgehead atoms. The van der Waals surface area contributed by atoms with E-state index in [0.717, 1.165) is 18.6 Å². The fourth-order valence-corrected chi connectivity index (χ4v) is 2.65. The third-order valence-electron chi connectivity index (χ3n) is 3.90. The second kappa shape index (κ2) is 7.51. The van der Waals surface area contributed by atoms with E-state index in [4.69, 9.17) is 4.74 Å². The van der Waals surface area contributed by atoms with Gasteiger partial charge in [0, 0.05) is 6.54 Å². The Hall–Kier alpha value is -1.72. The third-order valence-corrected chi connectivity index (χ3v) is 3.90. The first-order chi connectivity index (χ1) is 10.4. The van der Waals surface area contributed by atoms with Gasteiger partial charge in [-0.1, -0.05) is 25.7 Å². The lowest BCUT2D eigenvalue weighted by atomic mass is 10.0. The molecule has 1 aromatic carbocycles. The third kappa shape index (κ3) is 5.24. The van der Waals surface area contributed by atoms with E-state index in [1.54, 1.807) is 0 Å². The summed E-state index contributed by atoms with van der Waals surface area (Å²) in [5.41, 5.74) is -0.735. The molecule has 3 nitrogen and oxygen atoms in total. The molecule has 1 aromatic rings. The summed E-state index contributed by atoms with van der Waals surface area (Å²) in [6.45, 7) is 0.440. The van der Waals surface area contributed by atoms with Gasteiger partial charge in [-0.25, -0.2) is 0 Å². The normalized spacial score (nSPS) is 15.8. The molecule has 0 aliphatic heterocycles. The molecule has 22 heavy (non-hydrogen) atoms. The fourth-order valence-electron chi connectivity index (χ4n) is 2.65. The number of halogens is 3. The van der Waals surface area contributed by atoms with Gasteiger partial charge in [-0.05, 0) is 36.6 Å². The predicted octanol–water partition coefficient (Wildman–Crippen LogP) is 3.78. The minimum absolute atomic E-state index is 0.184. The van der Waals surface area contributed by atoms with Gasteiger partial charge in [0.15, 0.2) is 6.61 Å². The Labute approximate surface area is 127 Å². The molecule has 1 fully saturated rings. The molecule has 1 aliphatic rings. The van der Waals surface area contributed by atoms with Crippen molar-refractivity contribution in [2.75, 3.05) is 13.2 Å². The molecule has 0 spiro atoms. The first-order valence-corrected chi connectivity index (χ1v) is 7.52. The summed E-state index contributed by atoms with van der Waals surface area (Å²) in [6.07, 6.45) is 1.63. The average molecular weight is 315 g/mol. The SMILES string of the molecule is O=C(COc1ccc(C(F)(F)F)cc1)NCCC1CCCC1. The van der Waals surface area contributed by atoms with Gasteiger partial charge in [-0.15, -0.1) is 0 Å². The minimum atomic E-state index is -4.36. The van der Waals surface area contributed by atoms with Gasteiger partial charge in [0.25, 0.3) is 5.91 Å². The maximum atomic E-state index is 12.4. The monoisotopic (exact) mass is 315 g/mol. The molecular weight excluding hydrogens is 295 g/mol. The summed E-state index contributed by atoms with van der Waals surface area (Å²) in [4.78, 5) is 11.6. The van der Waals surface area contributed by atoms with Crippen molar-refractivity contribution in [3.8, 4) is 5.75 Å². The lowest BCUT2D eigenvalue weighted by molar-refractivity contribution is -0.137. The molecule has 0 atom stereocenters. The van der Waals surface area contributed by atoms with E-state index in [2.05, 4.69) is 5.32 Å². The van der Waals surface area contributed by atoms with Crippen LogP contribution in [0.5, 0.6) is 5.75 Å². The van der Waals surface area contributed by atoms with Gasteiger partial charge in [-0.3, -0.25) is 4.79 Å². The van der Waals surface area contributed by atoms with Crippen molar-refractivity contribution >= 4 is 5.91 Å². The number of benzene rings is 1. The van der Waals surface area contributed by atoms with Crippen molar-refractivity contribution in [1.82, 2.24) is 5.32 Å². The number of carbonyl (C=O) groups excluding carboxylic acids is 1. The maximum absolute atomic E-state index is 12.4. The van der Waals surface area contributed by atoms with Crippen molar-refractivity contribution in [2.24, 2.45) is 5.92 Å². The number of rotatable bonds is 6. The van der Waals surface area contributed by atoms with Crippen LogP contribution in [0.4, 0.5) is 13.2 Å². The van der Waals surface area contributed by atoms with Crippen molar-refractivity contribution in [3.63, 3.8) is 0 Å². The zero-order valence-electron chi connectivity index (χ0n) is 12.3. The Balaban J connectivity index is 1.67. The number of hydrogen-bond acceptors (Lipinski definition) is 2. The first kappa shape index (κ1) is 16.6. The Kier molecular flexibility index (Phi) is 5.69. The summed E-state index contributed by atoms with van der Waals surface area (Å²) in [6, 6.07) is 4.31. The van der Waals surface area contributed by atoms with Crippen LogP contribution >= 0.6 is 0 Å². The molecule has 1 N–H and O–H groups in total. The molecule has 6 heteroatoms. The second-order valence-electron chi connectivity index (χ2n) is 5.60. The summed E-state index contributed by atoms with van der Waals surface area (Å²) in [5, 5.41) is 2.77. The molecule has 0 saturated heterocycles. The van der Waals surface area contributed by atoms with E-state index in [0.29, 0.717) is 12.5 Å². The van der Waals surface area contributed by atoms with E-state index >= 15 is 0 Å². The van der Waals surface area contributed by atoms with E-state index in [1.807, 2.05) is 0 Å². The van der Waals surface area contributed by atoms with Gasteiger partial charge in [0.1, 0.15) is 5.75 Å². The van der Waals surface area contributed by atoms with Crippen LogP contribution in [0.3, 0.4) is 0 Å². The van der Waals surface area contributed by atoms with Gasteiger partial charge in [-0.2, -0.15) is 13.2 Å².